The molecule has 0 radical (unpaired) electrons. The molecular formula is C19H28N4O3. The first kappa shape index (κ1) is 17.7. The van der Waals surface area contributed by atoms with Gasteiger partial charge >= 0.3 is 0 Å². The van der Waals surface area contributed by atoms with Gasteiger partial charge in [0.1, 0.15) is 12.2 Å². The minimum absolute atomic E-state index is 0.0481. The lowest BCUT2D eigenvalue weighted by molar-refractivity contribution is -0.136. The predicted molar refractivity (Wildman–Crippen MR) is 96.9 cm³/mol. The van der Waals surface area contributed by atoms with Gasteiger partial charge in [-0.2, -0.15) is 0 Å². The zero-order valence-electron chi connectivity index (χ0n) is 15.3. The minimum atomic E-state index is -0.0481. The Morgan fingerprint density at radius 3 is 2.81 bits per heavy atom. The lowest BCUT2D eigenvalue weighted by Gasteiger charge is -2.53. The molecule has 3 aliphatic heterocycles. The Bertz CT molecular complexity index is 600. The van der Waals surface area contributed by atoms with Gasteiger partial charge in [0.05, 0.1) is 13.1 Å². The number of likely N-dealkylation sites (tertiary alicyclic amines) is 1. The van der Waals surface area contributed by atoms with Crippen LogP contribution >= 0.6 is 0 Å². The number of hydrogen-bond acceptors (Lipinski definition) is 6. The van der Waals surface area contributed by atoms with E-state index in [1.165, 1.54) is 0 Å². The molecule has 7 heteroatoms. The molecule has 4 heterocycles. The van der Waals surface area contributed by atoms with Gasteiger partial charge in [0.15, 0.2) is 0 Å². The number of ether oxygens (including phenoxy) is 2. The van der Waals surface area contributed by atoms with Gasteiger partial charge in [-0.05, 0) is 44.1 Å². The molecule has 142 valence electrons. The van der Waals surface area contributed by atoms with Crippen molar-refractivity contribution in [2.75, 3.05) is 50.9 Å². The van der Waals surface area contributed by atoms with Crippen molar-refractivity contribution < 1.29 is 14.3 Å². The molecule has 3 aliphatic rings. The van der Waals surface area contributed by atoms with Crippen LogP contribution in [0.4, 0.5) is 5.95 Å². The van der Waals surface area contributed by atoms with Crippen molar-refractivity contribution in [2.24, 2.45) is 5.92 Å². The highest BCUT2D eigenvalue weighted by Crippen LogP contribution is 2.39. The van der Waals surface area contributed by atoms with E-state index in [9.17, 15) is 4.79 Å². The molecule has 1 atom stereocenters. The summed E-state index contributed by atoms with van der Waals surface area (Å²) in [6, 6.07) is 1.83. The number of amides is 1. The second kappa shape index (κ2) is 7.88. The van der Waals surface area contributed by atoms with Crippen LogP contribution in [0, 0.1) is 5.92 Å². The summed E-state index contributed by atoms with van der Waals surface area (Å²) in [7, 11) is 0. The molecule has 1 aromatic rings. The summed E-state index contributed by atoms with van der Waals surface area (Å²) in [6.45, 7) is 5.21. The second-order valence-corrected chi connectivity index (χ2v) is 7.72. The van der Waals surface area contributed by atoms with Gasteiger partial charge in [-0.1, -0.05) is 0 Å². The number of carbonyl (C=O) groups excluding carboxylic acids is 1. The van der Waals surface area contributed by atoms with Crippen molar-refractivity contribution >= 4 is 11.9 Å². The third-order valence-corrected chi connectivity index (χ3v) is 5.74. The van der Waals surface area contributed by atoms with Crippen molar-refractivity contribution in [2.45, 2.75) is 37.7 Å². The smallest absolute Gasteiger partial charge is 0.248 e. The highest BCUT2D eigenvalue weighted by atomic mass is 16.5. The zero-order chi connectivity index (χ0) is 17.8. The molecule has 3 saturated heterocycles. The van der Waals surface area contributed by atoms with Crippen molar-refractivity contribution in [3.05, 3.63) is 18.5 Å². The highest BCUT2D eigenvalue weighted by molar-refractivity contribution is 5.77. The number of carbonyl (C=O) groups is 1. The third-order valence-electron chi connectivity index (χ3n) is 5.74. The Balaban J connectivity index is 1.17. The van der Waals surface area contributed by atoms with Crippen molar-refractivity contribution in [3.8, 4) is 0 Å². The normalized spacial score (nSPS) is 24.7. The number of anilines is 1. The minimum Gasteiger partial charge on any atom is -0.372 e. The molecule has 1 amide bonds. The fourth-order valence-corrected chi connectivity index (χ4v) is 4.31. The molecule has 0 aromatic carbocycles. The van der Waals surface area contributed by atoms with Gasteiger partial charge < -0.3 is 19.3 Å². The average Bonchev–Trinajstić information content (AvgIpc) is 3.19. The van der Waals surface area contributed by atoms with Crippen LogP contribution in [0.2, 0.25) is 0 Å². The molecule has 1 aromatic heterocycles. The molecule has 0 saturated carbocycles. The monoisotopic (exact) mass is 360 g/mol. The Kier molecular flexibility index (Phi) is 5.36. The summed E-state index contributed by atoms with van der Waals surface area (Å²) in [6.07, 6.45) is 8.94. The van der Waals surface area contributed by atoms with E-state index in [0.29, 0.717) is 12.5 Å². The van der Waals surface area contributed by atoms with E-state index in [0.717, 1.165) is 70.8 Å². The molecule has 0 bridgehead atoms. The van der Waals surface area contributed by atoms with Gasteiger partial charge in [-0.3, -0.25) is 4.79 Å². The summed E-state index contributed by atoms with van der Waals surface area (Å²) in [4.78, 5) is 24.7. The summed E-state index contributed by atoms with van der Waals surface area (Å²) in [5.41, 5.74) is -0.0481. The highest BCUT2D eigenvalue weighted by Gasteiger charge is 2.48. The molecule has 0 aliphatic carbocycles. The molecule has 7 nitrogen and oxygen atoms in total. The fourth-order valence-electron chi connectivity index (χ4n) is 4.31. The van der Waals surface area contributed by atoms with Gasteiger partial charge in [0.25, 0.3) is 0 Å². The van der Waals surface area contributed by atoms with Crippen LogP contribution in [0.5, 0.6) is 0 Å². The third kappa shape index (κ3) is 3.99. The molecule has 0 N–H and O–H groups in total. The van der Waals surface area contributed by atoms with E-state index in [2.05, 4.69) is 14.9 Å². The Hall–Kier alpha value is -1.73. The SMILES string of the molecule is O=C(COCCC1CCOC2(C1)CN(c1ncccn1)C2)N1CCCC1. The van der Waals surface area contributed by atoms with Crippen molar-refractivity contribution in [3.63, 3.8) is 0 Å². The van der Waals surface area contributed by atoms with Gasteiger partial charge in [0.2, 0.25) is 11.9 Å². The van der Waals surface area contributed by atoms with Crippen molar-refractivity contribution in [1.82, 2.24) is 14.9 Å². The Morgan fingerprint density at radius 1 is 1.27 bits per heavy atom. The van der Waals surface area contributed by atoms with Gasteiger partial charge in [0, 0.05) is 38.7 Å². The molecular weight excluding hydrogens is 332 g/mol. The second-order valence-electron chi connectivity index (χ2n) is 7.72. The van der Waals surface area contributed by atoms with Crippen LogP contribution in [-0.2, 0) is 14.3 Å². The summed E-state index contributed by atoms with van der Waals surface area (Å²) < 4.78 is 11.8. The summed E-state index contributed by atoms with van der Waals surface area (Å²) >= 11 is 0. The van der Waals surface area contributed by atoms with Gasteiger partial charge in [-0.25, -0.2) is 9.97 Å². The van der Waals surface area contributed by atoms with Crippen LogP contribution in [0.1, 0.15) is 32.1 Å². The molecule has 1 spiro atoms. The first-order chi connectivity index (χ1) is 12.7. The van der Waals surface area contributed by atoms with E-state index in [1.54, 1.807) is 12.4 Å². The number of nitrogens with zero attached hydrogens (tertiary/aromatic N) is 4. The first-order valence-electron chi connectivity index (χ1n) is 9.76. The standard InChI is InChI=1S/C19H28N4O3/c24-17(22-8-1-2-9-22)13-25-10-4-16-5-11-26-19(12-16)14-23(15-19)18-20-6-3-7-21-18/h3,6-7,16H,1-2,4-5,8-15H2. The summed E-state index contributed by atoms with van der Waals surface area (Å²) in [5.74, 6) is 1.53. The fraction of sp³-hybridized carbons (Fsp3) is 0.737. The largest absolute Gasteiger partial charge is 0.372 e. The van der Waals surface area contributed by atoms with Crippen molar-refractivity contribution in [1.29, 1.82) is 0 Å². The Morgan fingerprint density at radius 2 is 2.04 bits per heavy atom. The quantitative estimate of drug-likeness (QED) is 0.716. The van der Waals surface area contributed by atoms with E-state index in [4.69, 9.17) is 9.47 Å². The molecule has 1 unspecified atom stereocenters. The van der Waals surface area contributed by atoms with E-state index in [1.807, 2.05) is 11.0 Å². The Labute approximate surface area is 154 Å². The lowest BCUT2D eigenvalue weighted by Crippen LogP contribution is -2.65. The maximum atomic E-state index is 12.0. The zero-order valence-corrected chi connectivity index (χ0v) is 15.3. The van der Waals surface area contributed by atoms with Crippen LogP contribution in [0.15, 0.2) is 18.5 Å². The van der Waals surface area contributed by atoms with Crippen LogP contribution in [-0.4, -0.2) is 72.4 Å². The summed E-state index contributed by atoms with van der Waals surface area (Å²) in [5, 5.41) is 0. The maximum absolute atomic E-state index is 12.0. The maximum Gasteiger partial charge on any atom is 0.248 e. The van der Waals surface area contributed by atoms with Crippen LogP contribution in [0.25, 0.3) is 0 Å². The van der Waals surface area contributed by atoms with Gasteiger partial charge in [-0.15, -0.1) is 0 Å². The van der Waals surface area contributed by atoms with Crippen LogP contribution in [0.3, 0.4) is 0 Å². The van der Waals surface area contributed by atoms with E-state index < -0.39 is 0 Å². The lowest BCUT2D eigenvalue weighted by atomic mass is 9.79. The molecule has 26 heavy (non-hydrogen) atoms. The molecule has 3 fully saturated rings. The number of hydrogen-bond donors (Lipinski definition) is 0. The van der Waals surface area contributed by atoms with E-state index >= 15 is 0 Å². The molecule has 4 rings (SSSR count). The van der Waals surface area contributed by atoms with Crippen LogP contribution < -0.4 is 4.90 Å². The number of rotatable bonds is 6. The average molecular weight is 360 g/mol. The first-order valence-corrected chi connectivity index (χ1v) is 9.76. The predicted octanol–water partition coefficient (Wildman–Crippen LogP) is 1.49. The van der Waals surface area contributed by atoms with E-state index in [-0.39, 0.29) is 18.1 Å². The number of aromatic nitrogens is 2. The topological polar surface area (TPSA) is 67.8 Å².